The molecule has 3 rings (SSSR count). The Balaban J connectivity index is 1.78. The smallest absolute Gasteiger partial charge is 0.326 e. The van der Waals surface area contributed by atoms with Gasteiger partial charge in [-0.25, -0.2) is 4.79 Å². The van der Waals surface area contributed by atoms with Crippen LogP contribution in [-0.2, 0) is 4.79 Å². The summed E-state index contributed by atoms with van der Waals surface area (Å²) >= 11 is 0. The highest BCUT2D eigenvalue weighted by Crippen LogP contribution is 2.39. The average Bonchev–Trinajstić information content (AvgIpc) is 3.16. The molecule has 1 saturated heterocycles. The molecule has 102 valence electrons. The highest BCUT2D eigenvalue weighted by atomic mass is 16.5. The van der Waals surface area contributed by atoms with E-state index in [1.807, 2.05) is 0 Å². The van der Waals surface area contributed by atoms with Crippen LogP contribution >= 0.6 is 0 Å². The Kier molecular flexibility index (Phi) is 3.00. The fraction of sp³-hybridized carbons (Fsp3) is 0.615. The number of hydrogen-bond acceptors (Lipinski definition) is 4. The molecule has 1 amide bonds. The van der Waals surface area contributed by atoms with Gasteiger partial charge < -0.3 is 14.5 Å². The van der Waals surface area contributed by atoms with Gasteiger partial charge in [-0.05, 0) is 32.1 Å². The van der Waals surface area contributed by atoms with Gasteiger partial charge in [-0.1, -0.05) is 5.16 Å². The number of rotatable bonds is 3. The first-order valence-electron chi connectivity index (χ1n) is 6.67. The number of carbonyl (C=O) groups excluding carboxylic acids is 1. The van der Waals surface area contributed by atoms with Crippen LogP contribution in [0.3, 0.4) is 0 Å². The molecule has 19 heavy (non-hydrogen) atoms. The van der Waals surface area contributed by atoms with Crippen LogP contribution in [0.15, 0.2) is 10.6 Å². The van der Waals surface area contributed by atoms with E-state index in [4.69, 9.17) is 9.63 Å². The van der Waals surface area contributed by atoms with Crippen molar-refractivity contribution in [1.82, 2.24) is 10.1 Å². The van der Waals surface area contributed by atoms with Gasteiger partial charge in [0.2, 0.25) is 5.76 Å². The molecular formula is C13H16N2O4. The van der Waals surface area contributed by atoms with Crippen LogP contribution in [0, 0.1) is 0 Å². The van der Waals surface area contributed by atoms with Crippen LogP contribution in [0.25, 0.3) is 0 Å². The molecule has 1 N–H and O–H groups in total. The third kappa shape index (κ3) is 2.34. The molecule has 6 nitrogen and oxygen atoms in total. The Morgan fingerprint density at radius 1 is 1.32 bits per heavy atom. The maximum absolute atomic E-state index is 12.3. The zero-order chi connectivity index (χ0) is 13.4. The molecule has 1 atom stereocenters. The minimum Gasteiger partial charge on any atom is -0.480 e. The minimum atomic E-state index is -0.949. The van der Waals surface area contributed by atoms with Gasteiger partial charge in [0.15, 0.2) is 0 Å². The molecular weight excluding hydrogens is 248 g/mol. The molecule has 1 unspecified atom stereocenters. The summed E-state index contributed by atoms with van der Waals surface area (Å²) in [5.74, 6) is -0.724. The van der Waals surface area contributed by atoms with E-state index in [0.717, 1.165) is 31.4 Å². The largest absolute Gasteiger partial charge is 0.480 e. The second kappa shape index (κ2) is 4.68. The predicted molar refractivity (Wildman–Crippen MR) is 64.8 cm³/mol. The second-order valence-corrected chi connectivity index (χ2v) is 5.24. The highest BCUT2D eigenvalue weighted by molar-refractivity contribution is 5.94. The van der Waals surface area contributed by atoms with Gasteiger partial charge in [0.25, 0.3) is 5.91 Å². The van der Waals surface area contributed by atoms with Crippen LogP contribution < -0.4 is 0 Å². The van der Waals surface area contributed by atoms with Crippen molar-refractivity contribution in [3.8, 4) is 0 Å². The molecule has 0 aromatic carbocycles. The lowest BCUT2D eigenvalue weighted by Gasteiger charge is -2.31. The number of nitrogens with zero attached hydrogens (tertiary/aromatic N) is 2. The number of carboxylic acids is 1. The second-order valence-electron chi connectivity index (χ2n) is 5.24. The third-order valence-corrected chi connectivity index (χ3v) is 3.78. The molecule has 1 aromatic heterocycles. The normalized spacial score (nSPS) is 23.4. The fourth-order valence-electron chi connectivity index (χ4n) is 2.53. The van der Waals surface area contributed by atoms with Gasteiger partial charge in [0, 0.05) is 18.5 Å². The van der Waals surface area contributed by atoms with Crippen LogP contribution in [0.4, 0.5) is 0 Å². The van der Waals surface area contributed by atoms with Crippen LogP contribution in [0.2, 0.25) is 0 Å². The van der Waals surface area contributed by atoms with Gasteiger partial charge in [0.05, 0.1) is 5.69 Å². The quantitative estimate of drug-likeness (QED) is 0.897. The maximum Gasteiger partial charge on any atom is 0.326 e. The molecule has 0 bridgehead atoms. The van der Waals surface area contributed by atoms with E-state index in [2.05, 4.69) is 5.16 Å². The number of carbonyl (C=O) groups is 2. The fourth-order valence-corrected chi connectivity index (χ4v) is 2.53. The molecule has 1 aliphatic carbocycles. The molecule has 2 aliphatic rings. The summed E-state index contributed by atoms with van der Waals surface area (Å²) in [6, 6.07) is 0.920. The Labute approximate surface area is 110 Å². The molecule has 2 heterocycles. The van der Waals surface area contributed by atoms with Gasteiger partial charge in [-0.2, -0.15) is 0 Å². The standard InChI is InChI=1S/C13H16N2O4/c16-12(11-7-9(14-19-11)8-4-5-8)15-6-2-1-3-10(15)13(17)18/h7-8,10H,1-6H2,(H,17,18). The Morgan fingerprint density at radius 3 is 2.79 bits per heavy atom. The van der Waals surface area contributed by atoms with Crippen molar-refractivity contribution in [3.63, 3.8) is 0 Å². The Bertz CT molecular complexity index is 506. The lowest BCUT2D eigenvalue weighted by molar-refractivity contribution is -0.143. The summed E-state index contributed by atoms with van der Waals surface area (Å²) in [7, 11) is 0. The summed E-state index contributed by atoms with van der Waals surface area (Å²) in [4.78, 5) is 24.9. The van der Waals surface area contributed by atoms with Crippen molar-refractivity contribution in [2.75, 3.05) is 6.54 Å². The van der Waals surface area contributed by atoms with Gasteiger partial charge in [-0.15, -0.1) is 0 Å². The number of aromatic nitrogens is 1. The predicted octanol–water partition coefficient (Wildman–Crippen LogP) is 1.63. The minimum absolute atomic E-state index is 0.162. The van der Waals surface area contributed by atoms with Crippen LogP contribution in [0.5, 0.6) is 0 Å². The summed E-state index contributed by atoms with van der Waals surface area (Å²) < 4.78 is 5.07. The van der Waals surface area contributed by atoms with E-state index in [1.165, 1.54) is 4.90 Å². The highest BCUT2D eigenvalue weighted by Gasteiger charge is 2.35. The molecule has 2 fully saturated rings. The molecule has 1 saturated carbocycles. The van der Waals surface area contributed by atoms with Crippen LogP contribution in [0.1, 0.15) is 54.3 Å². The molecule has 1 aliphatic heterocycles. The molecule has 0 radical (unpaired) electrons. The first kappa shape index (κ1) is 12.2. The molecule has 0 spiro atoms. The summed E-state index contributed by atoms with van der Waals surface area (Å²) in [6.45, 7) is 0.468. The van der Waals surface area contributed by atoms with Gasteiger partial charge in [-0.3, -0.25) is 4.79 Å². The van der Waals surface area contributed by atoms with Crippen molar-refractivity contribution < 1.29 is 19.2 Å². The van der Waals surface area contributed by atoms with E-state index in [9.17, 15) is 9.59 Å². The lowest BCUT2D eigenvalue weighted by atomic mass is 10.0. The number of aliphatic carboxylic acids is 1. The molecule has 6 heteroatoms. The van der Waals surface area contributed by atoms with Crippen molar-refractivity contribution >= 4 is 11.9 Å². The van der Waals surface area contributed by atoms with E-state index in [0.29, 0.717) is 18.9 Å². The van der Waals surface area contributed by atoms with Crippen molar-refractivity contribution in [2.24, 2.45) is 0 Å². The maximum atomic E-state index is 12.3. The van der Waals surface area contributed by atoms with Crippen LogP contribution in [-0.4, -0.2) is 39.6 Å². The Hall–Kier alpha value is -1.85. The zero-order valence-electron chi connectivity index (χ0n) is 10.5. The number of hydrogen-bond donors (Lipinski definition) is 1. The monoisotopic (exact) mass is 264 g/mol. The average molecular weight is 264 g/mol. The SMILES string of the molecule is O=C(O)C1CCCCN1C(=O)c1cc(C2CC2)no1. The number of amides is 1. The topological polar surface area (TPSA) is 83.6 Å². The zero-order valence-corrected chi connectivity index (χ0v) is 10.5. The first-order chi connectivity index (χ1) is 9.16. The Morgan fingerprint density at radius 2 is 2.11 bits per heavy atom. The van der Waals surface area contributed by atoms with Crippen molar-refractivity contribution in [2.45, 2.75) is 44.1 Å². The van der Waals surface area contributed by atoms with E-state index in [1.54, 1.807) is 6.07 Å². The lowest BCUT2D eigenvalue weighted by Crippen LogP contribution is -2.47. The third-order valence-electron chi connectivity index (χ3n) is 3.78. The summed E-state index contributed by atoms with van der Waals surface area (Å²) in [6.07, 6.45) is 4.34. The van der Waals surface area contributed by atoms with E-state index in [-0.39, 0.29) is 11.7 Å². The summed E-state index contributed by atoms with van der Waals surface area (Å²) in [5.41, 5.74) is 0.812. The van der Waals surface area contributed by atoms with Crippen molar-refractivity contribution in [1.29, 1.82) is 0 Å². The van der Waals surface area contributed by atoms with E-state index < -0.39 is 12.0 Å². The van der Waals surface area contributed by atoms with Gasteiger partial charge >= 0.3 is 5.97 Å². The number of likely N-dealkylation sites (tertiary alicyclic amines) is 1. The van der Waals surface area contributed by atoms with Crippen molar-refractivity contribution in [3.05, 3.63) is 17.5 Å². The van der Waals surface area contributed by atoms with E-state index >= 15 is 0 Å². The summed E-state index contributed by atoms with van der Waals surface area (Å²) in [5, 5.41) is 13.1. The number of carboxylic acid groups (broad SMARTS) is 1. The molecule has 1 aromatic rings. The number of piperidine rings is 1. The first-order valence-corrected chi connectivity index (χ1v) is 6.67. The van der Waals surface area contributed by atoms with Gasteiger partial charge in [0.1, 0.15) is 6.04 Å².